The third-order valence-corrected chi connectivity index (χ3v) is 6.00. The van der Waals surface area contributed by atoms with Crippen LogP contribution in [0.2, 0.25) is 5.02 Å². The van der Waals surface area contributed by atoms with Crippen molar-refractivity contribution in [2.75, 3.05) is 12.4 Å². The Labute approximate surface area is 211 Å². The molecule has 0 saturated heterocycles. The van der Waals surface area contributed by atoms with Crippen LogP contribution in [0.15, 0.2) is 83.1 Å². The number of nitrogens with one attached hydrogen (secondary N) is 2. The predicted octanol–water partition coefficient (Wildman–Crippen LogP) is 3.72. The number of benzene rings is 3. The third kappa shape index (κ3) is 6.20. The summed E-state index contributed by atoms with van der Waals surface area (Å²) >= 11 is 7.32. The molecular formula is C25H22ClN5O3S. The van der Waals surface area contributed by atoms with Gasteiger partial charge in [-0.2, -0.15) is 9.67 Å². The molecule has 0 atom stereocenters. The number of hydrogen-bond donors (Lipinski definition) is 2. The normalized spacial score (nSPS) is 11.0. The van der Waals surface area contributed by atoms with Crippen molar-refractivity contribution in [2.24, 2.45) is 5.10 Å². The summed E-state index contributed by atoms with van der Waals surface area (Å²) in [5.74, 6) is 0.610. The Bertz CT molecular complexity index is 1330. The summed E-state index contributed by atoms with van der Waals surface area (Å²) in [6.45, 7) is 2.19. The first-order chi connectivity index (χ1) is 17.0. The molecule has 0 fully saturated rings. The first kappa shape index (κ1) is 24.3. The Morgan fingerprint density at radius 1 is 1.20 bits per heavy atom. The highest BCUT2D eigenvalue weighted by Crippen LogP contribution is 2.24. The van der Waals surface area contributed by atoms with Gasteiger partial charge in [0.15, 0.2) is 0 Å². The fourth-order valence-corrected chi connectivity index (χ4v) is 4.11. The average molecular weight is 508 g/mol. The molecule has 2 N–H and O–H groups in total. The number of hydrazone groups is 1. The van der Waals surface area contributed by atoms with E-state index in [2.05, 4.69) is 20.7 Å². The monoisotopic (exact) mass is 507 g/mol. The highest BCUT2D eigenvalue weighted by molar-refractivity contribution is 7.99. The zero-order chi connectivity index (χ0) is 24.6. The third-order valence-electron chi connectivity index (χ3n) is 4.81. The number of H-pyrrole nitrogens is 1. The van der Waals surface area contributed by atoms with Gasteiger partial charge in [-0.25, -0.2) is 5.43 Å². The standard InChI is InChI=1S/C25H22ClN5O3S/c1-2-34-22-14-17(8-13-21(22)32)15-27-28-23(33)16-35-25-30-29-24(18-9-11-19(26)12-10-18)31(25)20-6-4-3-5-7-20/h3-15H,2,16H2,1H3,(H2,27,28,32,33). The molecule has 0 saturated carbocycles. The van der Waals surface area contributed by atoms with E-state index < -0.39 is 0 Å². The van der Waals surface area contributed by atoms with Gasteiger partial charge in [0.1, 0.15) is 11.4 Å². The minimum Gasteiger partial charge on any atom is -0.870 e. The number of aromatic nitrogens is 3. The molecule has 0 aliphatic carbocycles. The number of carbonyl (C=O) groups excluding carboxylic acids is 1. The molecule has 1 amide bonds. The van der Waals surface area contributed by atoms with Gasteiger partial charge in [0.05, 0.1) is 29.2 Å². The van der Waals surface area contributed by atoms with Gasteiger partial charge in [-0.05, 0) is 66.7 Å². The van der Waals surface area contributed by atoms with Gasteiger partial charge in [-0.15, -0.1) is 5.10 Å². The van der Waals surface area contributed by atoms with Gasteiger partial charge in [-0.1, -0.05) is 47.7 Å². The number of rotatable bonds is 9. The summed E-state index contributed by atoms with van der Waals surface area (Å²) in [7, 11) is 0. The quantitative estimate of drug-likeness (QED) is 0.155. The van der Waals surface area contributed by atoms with Crippen LogP contribution in [0.4, 0.5) is 0 Å². The SMILES string of the molecule is CCOc1cc(/C=N/NC(=O)CSc2n[nH]c(-c3ccc(Cl)cc3)[n+]2-c2ccccc2)ccc1[O-]. The minimum atomic E-state index is -0.299. The fourth-order valence-electron chi connectivity index (χ4n) is 3.23. The van der Waals surface area contributed by atoms with E-state index in [1.54, 1.807) is 19.1 Å². The summed E-state index contributed by atoms with van der Waals surface area (Å²) < 4.78 is 7.24. The molecule has 178 valence electrons. The van der Waals surface area contributed by atoms with E-state index in [0.29, 0.717) is 22.3 Å². The maximum atomic E-state index is 12.4. The topological polar surface area (TPSA) is 106 Å². The van der Waals surface area contributed by atoms with Crippen LogP contribution in [0.3, 0.4) is 0 Å². The lowest BCUT2D eigenvalue weighted by Crippen LogP contribution is -2.34. The van der Waals surface area contributed by atoms with Crippen LogP contribution in [-0.2, 0) is 4.79 Å². The van der Waals surface area contributed by atoms with E-state index in [0.717, 1.165) is 17.1 Å². The van der Waals surface area contributed by atoms with Crippen LogP contribution < -0.4 is 19.8 Å². The molecule has 3 aromatic carbocycles. The summed E-state index contributed by atoms with van der Waals surface area (Å²) in [5, 5.41) is 24.5. The number of ether oxygens (including phenoxy) is 1. The molecule has 1 heterocycles. The molecule has 4 rings (SSSR count). The summed E-state index contributed by atoms with van der Waals surface area (Å²) in [6.07, 6.45) is 1.46. The molecule has 0 aliphatic rings. The first-order valence-corrected chi connectivity index (χ1v) is 12.1. The maximum absolute atomic E-state index is 12.4. The van der Waals surface area contributed by atoms with Gasteiger partial charge in [0, 0.05) is 5.02 Å². The molecule has 8 nitrogen and oxygen atoms in total. The molecule has 0 aliphatic heterocycles. The number of para-hydroxylation sites is 1. The van der Waals surface area contributed by atoms with Crippen molar-refractivity contribution in [2.45, 2.75) is 12.1 Å². The summed E-state index contributed by atoms with van der Waals surface area (Å²) in [4.78, 5) is 12.4. The minimum absolute atomic E-state index is 0.0960. The van der Waals surface area contributed by atoms with E-state index in [1.807, 2.05) is 59.2 Å². The number of carbonyl (C=O) groups is 1. The van der Waals surface area contributed by atoms with Crippen molar-refractivity contribution in [3.63, 3.8) is 0 Å². The van der Waals surface area contributed by atoms with Crippen molar-refractivity contribution >= 4 is 35.5 Å². The summed E-state index contributed by atoms with van der Waals surface area (Å²) in [6, 6.07) is 21.8. The fraction of sp³-hybridized carbons (Fsp3) is 0.120. The largest absolute Gasteiger partial charge is 0.870 e. The van der Waals surface area contributed by atoms with Gasteiger partial charge in [0.25, 0.3) is 11.7 Å². The molecule has 1 aromatic heterocycles. The zero-order valence-electron chi connectivity index (χ0n) is 18.8. The number of thioether (sulfide) groups is 1. The molecule has 4 aromatic rings. The highest BCUT2D eigenvalue weighted by atomic mass is 35.5. The Morgan fingerprint density at radius 3 is 2.71 bits per heavy atom. The van der Waals surface area contributed by atoms with Crippen LogP contribution in [-0.4, -0.2) is 34.7 Å². The van der Waals surface area contributed by atoms with Gasteiger partial charge in [-0.3, -0.25) is 4.79 Å². The van der Waals surface area contributed by atoms with E-state index in [-0.39, 0.29) is 23.2 Å². The molecule has 10 heteroatoms. The second-order valence-electron chi connectivity index (χ2n) is 7.25. The second-order valence-corrected chi connectivity index (χ2v) is 8.63. The molecule has 0 spiro atoms. The number of amides is 1. The number of hydrogen-bond acceptors (Lipinski definition) is 6. The Morgan fingerprint density at radius 2 is 1.97 bits per heavy atom. The smallest absolute Gasteiger partial charge is 0.342 e. The predicted molar refractivity (Wildman–Crippen MR) is 134 cm³/mol. The van der Waals surface area contributed by atoms with Crippen LogP contribution in [0, 0.1) is 0 Å². The first-order valence-electron chi connectivity index (χ1n) is 10.8. The number of halogens is 1. The van der Waals surface area contributed by atoms with Gasteiger partial charge < -0.3 is 9.84 Å². The zero-order valence-corrected chi connectivity index (χ0v) is 20.3. The van der Waals surface area contributed by atoms with Crippen LogP contribution in [0.5, 0.6) is 11.5 Å². The number of nitrogens with zero attached hydrogens (tertiary/aromatic N) is 3. The molecular weight excluding hydrogens is 486 g/mol. The highest BCUT2D eigenvalue weighted by Gasteiger charge is 2.24. The van der Waals surface area contributed by atoms with Crippen LogP contribution in [0.25, 0.3) is 17.1 Å². The lowest BCUT2D eigenvalue weighted by Gasteiger charge is -2.13. The Hall–Kier alpha value is -3.82. The summed E-state index contributed by atoms with van der Waals surface area (Å²) in [5.41, 5.74) is 4.95. The molecule has 0 radical (unpaired) electrons. The van der Waals surface area contributed by atoms with Crippen molar-refractivity contribution in [1.29, 1.82) is 0 Å². The van der Waals surface area contributed by atoms with E-state index in [9.17, 15) is 9.90 Å². The lowest BCUT2D eigenvalue weighted by atomic mass is 10.2. The molecule has 0 unspecified atom stereocenters. The number of aromatic amines is 1. The second kappa shape index (κ2) is 11.5. The Kier molecular flexibility index (Phi) is 8.02. The maximum Gasteiger partial charge on any atom is 0.342 e. The van der Waals surface area contributed by atoms with E-state index in [1.165, 1.54) is 24.0 Å². The van der Waals surface area contributed by atoms with Crippen molar-refractivity contribution in [1.82, 2.24) is 15.6 Å². The van der Waals surface area contributed by atoms with Crippen LogP contribution >= 0.6 is 23.4 Å². The molecule has 35 heavy (non-hydrogen) atoms. The van der Waals surface area contributed by atoms with Crippen LogP contribution in [0.1, 0.15) is 12.5 Å². The average Bonchev–Trinajstić information content (AvgIpc) is 3.30. The van der Waals surface area contributed by atoms with E-state index >= 15 is 0 Å². The van der Waals surface area contributed by atoms with Crippen molar-refractivity contribution in [3.05, 3.63) is 83.4 Å². The lowest BCUT2D eigenvalue weighted by molar-refractivity contribution is -0.625. The van der Waals surface area contributed by atoms with Crippen molar-refractivity contribution < 1.29 is 19.2 Å². The molecule has 0 bridgehead atoms. The van der Waals surface area contributed by atoms with Crippen molar-refractivity contribution in [3.8, 4) is 28.6 Å². The van der Waals surface area contributed by atoms with Gasteiger partial charge >= 0.3 is 5.16 Å². The Balaban J connectivity index is 1.46. The van der Waals surface area contributed by atoms with E-state index in [4.69, 9.17) is 16.3 Å². The van der Waals surface area contributed by atoms with Gasteiger partial charge in [0.2, 0.25) is 0 Å².